The second-order valence-electron chi connectivity index (χ2n) is 5.42. The summed E-state index contributed by atoms with van der Waals surface area (Å²) in [4.78, 5) is 20.4. The van der Waals surface area contributed by atoms with Gasteiger partial charge in [-0.3, -0.25) is 15.6 Å². The minimum absolute atomic E-state index is 0.283. The van der Waals surface area contributed by atoms with E-state index in [2.05, 4.69) is 48.7 Å². The van der Waals surface area contributed by atoms with Gasteiger partial charge in [0.15, 0.2) is 11.6 Å². The second-order valence-corrected chi connectivity index (χ2v) is 6.67. The molecule has 9 heteroatoms. The summed E-state index contributed by atoms with van der Waals surface area (Å²) in [5.41, 5.74) is 13.0. The topological polar surface area (TPSA) is 114 Å². The Hall–Kier alpha value is -3.08. The van der Waals surface area contributed by atoms with Crippen molar-refractivity contribution in [2.45, 2.75) is 0 Å². The average Bonchev–Trinajstić information content (AvgIpc) is 2.70. The number of hydrazine groups is 1. The maximum atomic E-state index is 12.2. The summed E-state index contributed by atoms with van der Waals surface area (Å²) in [7, 11) is 1.57. The van der Waals surface area contributed by atoms with E-state index < -0.39 is 0 Å². The van der Waals surface area contributed by atoms with Gasteiger partial charge in [-0.25, -0.2) is 9.97 Å². The predicted molar refractivity (Wildman–Crippen MR) is 113 cm³/mol. The number of ether oxygens (including phenoxy) is 1. The van der Waals surface area contributed by atoms with Gasteiger partial charge in [0.1, 0.15) is 17.8 Å². The Balaban J connectivity index is 1.68. The molecular weight excluding hydrogens is 459 g/mol. The summed E-state index contributed by atoms with van der Waals surface area (Å²) < 4.78 is 6.20. The highest BCUT2D eigenvalue weighted by molar-refractivity contribution is 14.1. The summed E-state index contributed by atoms with van der Waals surface area (Å²) in [6.45, 7) is 0. The van der Waals surface area contributed by atoms with Crippen molar-refractivity contribution in [2.24, 2.45) is 0 Å². The van der Waals surface area contributed by atoms with E-state index in [9.17, 15) is 4.79 Å². The molecule has 8 nitrogen and oxygen atoms in total. The molecule has 0 radical (unpaired) electrons. The largest absolute Gasteiger partial charge is 0.497 e. The average molecular weight is 476 g/mol. The molecule has 0 bridgehead atoms. The van der Waals surface area contributed by atoms with E-state index in [0.717, 1.165) is 9.26 Å². The number of hydrogen-bond donors (Lipinski definition) is 4. The number of hydrogen-bond acceptors (Lipinski definition) is 7. The molecule has 138 valence electrons. The molecule has 0 unspecified atom stereocenters. The first-order valence-corrected chi connectivity index (χ1v) is 8.98. The highest BCUT2D eigenvalue weighted by atomic mass is 127. The number of rotatable bonds is 6. The summed E-state index contributed by atoms with van der Waals surface area (Å²) >= 11 is 2.23. The number of amides is 1. The van der Waals surface area contributed by atoms with Crippen LogP contribution in [-0.2, 0) is 0 Å². The maximum Gasteiger partial charge on any atom is 0.269 e. The molecule has 0 aliphatic carbocycles. The molecular formula is C18H17IN6O2. The van der Waals surface area contributed by atoms with E-state index in [1.54, 1.807) is 31.4 Å². The highest BCUT2D eigenvalue weighted by Crippen LogP contribution is 2.25. The molecule has 1 aromatic heterocycles. The van der Waals surface area contributed by atoms with Crippen LogP contribution in [0.4, 0.5) is 23.0 Å². The first-order chi connectivity index (χ1) is 13.1. The summed E-state index contributed by atoms with van der Waals surface area (Å²) in [5.74, 6) is 1.07. The lowest BCUT2D eigenvalue weighted by atomic mass is 10.2. The number of halogens is 1. The number of carbonyl (C=O) groups is 1. The van der Waals surface area contributed by atoms with Gasteiger partial charge in [-0.1, -0.05) is 0 Å². The summed E-state index contributed by atoms with van der Waals surface area (Å²) in [6, 6.07) is 14.5. The van der Waals surface area contributed by atoms with Crippen molar-refractivity contribution in [3.05, 3.63) is 64.0 Å². The molecule has 2 aromatic carbocycles. The molecule has 0 fully saturated rings. The smallest absolute Gasteiger partial charge is 0.269 e. The lowest BCUT2D eigenvalue weighted by Crippen LogP contribution is -2.30. The summed E-state index contributed by atoms with van der Waals surface area (Å²) in [5, 5.41) is 3.13. The van der Waals surface area contributed by atoms with Crippen LogP contribution >= 0.6 is 22.6 Å². The van der Waals surface area contributed by atoms with Crippen molar-refractivity contribution >= 4 is 51.5 Å². The third kappa shape index (κ3) is 4.76. The van der Waals surface area contributed by atoms with E-state index in [1.807, 2.05) is 24.3 Å². The molecule has 3 rings (SSSR count). The second kappa shape index (κ2) is 8.54. The Morgan fingerprint density at radius 2 is 1.70 bits per heavy atom. The van der Waals surface area contributed by atoms with Crippen LogP contribution in [0.25, 0.3) is 0 Å². The van der Waals surface area contributed by atoms with Crippen molar-refractivity contribution in [3.63, 3.8) is 0 Å². The molecule has 27 heavy (non-hydrogen) atoms. The van der Waals surface area contributed by atoms with Gasteiger partial charge in [-0.05, 0) is 71.1 Å². The van der Waals surface area contributed by atoms with E-state index in [-0.39, 0.29) is 11.6 Å². The van der Waals surface area contributed by atoms with Gasteiger partial charge in [0.05, 0.1) is 7.11 Å². The molecule has 0 aliphatic heterocycles. The normalized spacial score (nSPS) is 10.1. The van der Waals surface area contributed by atoms with Crippen LogP contribution in [0, 0.1) is 3.57 Å². The number of nitrogens with one attached hydrogen (secondary N) is 3. The number of nitrogen functional groups attached to an aromatic ring is 1. The number of benzene rings is 2. The fraction of sp³-hybridized carbons (Fsp3) is 0.0556. The predicted octanol–water partition coefficient (Wildman–Crippen LogP) is 3.17. The van der Waals surface area contributed by atoms with Crippen LogP contribution in [0.5, 0.6) is 5.75 Å². The van der Waals surface area contributed by atoms with Crippen molar-refractivity contribution in [1.82, 2.24) is 15.4 Å². The van der Waals surface area contributed by atoms with Crippen LogP contribution in [0.1, 0.15) is 10.4 Å². The molecule has 1 heterocycles. The zero-order chi connectivity index (χ0) is 19.2. The monoisotopic (exact) mass is 476 g/mol. The Morgan fingerprint density at radius 3 is 2.37 bits per heavy atom. The van der Waals surface area contributed by atoms with E-state index >= 15 is 0 Å². The van der Waals surface area contributed by atoms with Crippen molar-refractivity contribution in [2.75, 3.05) is 23.6 Å². The van der Waals surface area contributed by atoms with Crippen LogP contribution in [-0.4, -0.2) is 23.0 Å². The number of nitrogens with two attached hydrogens (primary N) is 1. The molecule has 3 aromatic rings. The van der Waals surface area contributed by atoms with Gasteiger partial charge in [0.25, 0.3) is 5.91 Å². The lowest BCUT2D eigenvalue weighted by molar-refractivity contribution is 0.0962. The van der Waals surface area contributed by atoms with Crippen molar-refractivity contribution < 1.29 is 9.53 Å². The van der Waals surface area contributed by atoms with Gasteiger partial charge in [-0.2, -0.15) is 0 Å². The minimum Gasteiger partial charge on any atom is -0.497 e. The molecule has 0 saturated carbocycles. The fourth-order valence-corrected chi connectivity index (χ4v) is 2.55. The van der Waals surface area contributed by atoms with Crippen LogP contribution < -0.4 is 26.6 Å². The number of anilines is 4. The van der Waals surface area contributed by atoms with Gasteiger partial charge in [0, 0.05) is 14.8 Å². The molecule has 0 atom stereocenters. The summed E-state index contributed by atoms with van der Waals surface area (Å²) in [6.07, 6.45) is 1.35. The highest BCUT2D eigenvalue weighted by Gasteiger charge is 2.10. The van der Waals surface area contributed by atoms with Gasteiger partial charge in [-0.15, -0.1) is 0 Å². The van der Waals surface area contributed by atoms with Gasteiger partial charge in [0.2, 0.25) is 0 Å². The third-order valence-electron chi connectivity index (χ3n) is 3.64. The van der Waals surface area contributed by atoms with Gasteiger partial charge < -0.3 is 15.8 Å². The molecule has 0 aliphatic rings. The number of methoxy groups -OCH3 is 1. The number of nitrogens with zero attached hydrogens (tertiary/aromatic N) is 2. The number of aromatic nitrogens is 2. The Morgan fingerprint density at radius 1 is 1.04 bits per heavy atom. The SMILES string of the molecule is COc1ccc(C(=O)NNc2ncnc(Nc3ccc(I)cc3)c2N)cc1. The first kappa shape index (κ1) is 18.7. The zero-order valence-electron chi connectivity index (χ0n) is 14.4. The molecule has 0 saturated heterocycles. The van der Waals surface area contributed by atoms with Crippen LogP contribution in [0.3, 0.4) is 0 Å². The fourth-order valence-electron chi connectivity index (χ4n) is 2.20. The van der Waals surface area contributed by atoms with Crippen LogP contribution in [0.2, 0.25) is 0 Å². The minimum atomic E-state index is -0.331. The lowest BCUT2D eigenvalue weighted by Gasteiger charge is -2.13. The Labute approximate surface area is 169 Å². The number of carbonyl (C=O) groups excluding carboxylic acids is 1. The molecule has 5 N–H and O–H groups in total. The van der Waals surface area contributed by atoms with Crippen molar-refractivity contribution in [3.8, 4) is 5.75 Å². The third-order valence-corrected chi connectivity index (χ3v) is 4.36. The van der Waals surface area contributed by atoms with E-state index in [1.165, 1.54) is 6.33 Å². The molecule has 1 amide bonds. The van der Waals surface area contributed by atoms with E-state index in [4.69, 9.17) is 10.5 Å². The quantitative estimate of drug-likeness (QED) is 0.319. The Kier molecular flexibility index (Phi) is 5.91. The van der Waals surface area contributed by atoms with E-state index in [0.29, 0.717) is 22.9 Å². The first-order valence-electron chi connectivity index (χ1n) is 7.90. The standard InChI is InChI=1S/C18H17IN6O2/c1-27-14-8-2-11(3-9-14)18(26)25-24-17-15(20)16(21-10-22-17)23-13-6-4-12(19)5-7-13/h2-10H,20H2,1H3,(H,25,26)(H2,21,22,23,24). The van der Waals surface area contributed by atoms with Gasteiger partial charge >= 0.3 is 0 Å². The van der Waals surface area contributed by atoms with Crippen molar-refractivity contribution in [1.29, 1.82) is 0 Å². The maximum absolute atomic E-state index is 12.2. The molecule has 0 spiro atoms. The Bertz CT molecular complexity index is 932. The van der Waals surface area contributed by atoms with Crippen LogP contribution in [0.15, 0.2) is 54.9 Å². The zero-order valence-corrected chi connectivity index (χ0v) is 16.5.